The minimum atomic E-state index is 1.11. The van der Waals surface area contributed by atoms with E-state index in [1.807, 2.05) is 0 Å². The standard InChI is InChI=1S/C9H11N3/c1-3-7-4-2-6-12-9(7)8(5-1)10-11-12/h1,3,5,10-11H,2,4,6H2. The average Bonchev–Trinajstić information content (AvgIpc) is 2.52. The van der Waals surface area contributed by atoms with Crippen LogP contribution in [0.1, 0.15) is 12.0 Å². The maximum Gasteiger partial charge on any atom is 0.0814 e. The summed E-state index contributed by atoms with van der Waals surface area (Å²) in [6.45, 7) is 1.11. The van der Waals surface area contributed by atoms with Gasteiger partial charge >= 0.3 is 0 Å². The van der Waals surface area contributed by atoms with E-state index < -0.39 is 0 Å². The van der Waals surface area contributed by atoms with E-state index in [1.165, 1.54) is 29.8 Å². The van der Waals surface area contributed by atoms with E-state index in [4.69, 9.17) is 0 Å². The number of hydrogen-bond acceptors (Lipinski definition) is 3. The van der Waals surface area contributed by atoms with Crippen LogP contribution < -0.4 is 16.0 Å². The number of rotatable bonds is 0. The maximum absolute atomic E-state index is 3.16. The molecular formula is C9H11N3. The van der Waals surface area contributed by atoms with Crippen molar-refractivity contribution in [3.8, 4) is 0 Å². The molecule has 2 aliphatic rings. The first kappa shape index (κ1) is 6.31. The fourth-order valence-corrected chi connectivity index (χ4v) is 1.99. The number of hydrazine groups is 2. The Morgan fingerprint density at radius 1 is 1.33 bits per heavy atom. The van der Waals surface area contributed by atoms with Crippen LogP contribution in [0.2, 0.25) is 0 Å². The van der Waals surface area contributed by atoms with Crippen molar-refractivity contribution in [1.82, 2.24) is 5.53 Å². The van der Waals surface area contributed by atoms with E-state index in [0.29, 0.717) is 0 Å². The van der Waals surface area contributed by atoms with Gasteiger partial charge in [0.15, 0.2) is 0 Å². The summed E-state index contributed by atoms with van der Waals surface area (Å²) in [4.78, 5) is 0. The third-order valence-electron chi connectivity index (χ3n) is 2.54. The molecule has 2 N–H and O–H groups in total. The zero-order valence-corrected chi connectivity index (χ0v) is 6.80. The molecule has 0 aliphatic carbocycles. The first-order valence-corrected chi connectivity index (χ1v) is 4.36. The minimum absolute atomic E-state index is 1.11. The van der Waals surface area contributed by atoms with Crippen molar-refractivity contribution in [2.45, 2.75) is 12.8 Å². The van der Waals surface area contributed by atoms with Crippen LogP contribution in [0.15, 0.2) is 18.2 Å². The van der Waals surface area contributed by atoms with Crippen LogP contribution in [0.3, 0.4) is 0 Å². The highest BCUT2D eigenvalue weighted by Gasteiger charge is 2.24. The van der Waals surface area contributed by atoms with E-state index in [1.54, 1.807) is 0 Å². The fourth-order valence-electron chi connectivity index (χ4n) is 1.99. The summed E-state index contributed by atoms with van der Waals surface area (Å²) in [5, 5.41) is 2.19. The van der Waals surface area contributed by atoms with E-state index in [2.05, 4.69) is 34.2 Å². The molecule has 1 aromatic rings. The van der Waals surface area contributed by atoms with Crippen molar-refractivity contribution in [1.29, 1.82) is 0 Å². The Morgan fingerprint density at radius 2 is 2.33 bits per heavy atom. The number of nitrogens with zero attached hydrogens (tertiary/aromatic N) is 1. The fraction of sp³-hybridized carbons (Fsp3) is 0.333. The van der Waals surface area contributed by atoms with Crippen molar-refractivity contribution in [2.75, 3.05) is 17.0 Å². The van der Waals surface area contributed by atoms with Crippen molar-refractivity contribution in [3.63, 3.8) is 0 Å². The van der Waals surface area contributed by atoms with E-state index in [-0.39, 0.29) is 0 Å². The summed E-state index contributed by atoms with van der Waals surface area (Å²) >= 11 is 0. The topological polar surface area (TPSA) is 27.3 Å². The predicted octanol–water partition coefficient (Wildman–Crippen LogP) is 1.28. The van der Waals surface area contributed by atoms with Gasteiger partial charge in [0.2, 0.25) is 0 Å². The number of nitrogens with one attached hydrogen (secondary N) is 2. The van der Waals surface area contributed by atoms with Crippen LogP contribution in [0.4, 0.5) is 11.4 Å². The highest BCUT2D eigenvalue weighted by atomic mass is 15.7. The summed E-state index contributed by atoms with van der Waals surface area (Å²) in [7, 11) is 0. The first-order valence-electron chi connectivity index (χ1n) is 4.36. The second-order valence-electron chi connectivity index (χ2n) is 3.31. The number of para-hydroxylation sites is 1. The average molecular weight is 161 g/mol. The normalized spacial score (nSPS) is 18.8. The largest absolute Gasteiger partial charge is 0.302 e. The summed E-state index contributed by atoms with van der Waals surface area (Å²) in [5.41, 5.74) is 10.3. The third-order valence-corrected chi connectivity index (χ3v) is 2.54. The third kappa shape index (κ3) is 0.689. The molecule has 0 saturated carbocycles. The second kappa shape index (κ2) is 2.14. The Morgan fingerprint density at radius 3 is 3.33 bits per heavy atom. The molecule has 0 bridgehead atoms. The molecule has 0 fully saturated rings. The summed E-state index contributed by atoms with van der Waals surface area (Å²) in [6.07, 6.45) is 2.45. The second-order valence-corrected chi connectivity index (χ2v) is 3.31. The van der Waals surface area contributed by atoms with Crippen LogP contribution in [0.5, 0.6) is 0 Å². The van der Waals surface area contributed by atoms with Crippen LogP contribution in [0, 0.1) is 0 Å². The van der Waals surface area contributed by atoms with Gasteiger partial charge in [-0.2, -0.15) is 0 Å². The molecule has 0 amide bonds. The highest BCUT2D eigenvalue weighted by Crippen LogP contribution is 2.35. The van der Waals surface area contributed by atoms with Crippen LogP contribution in [-0.4, -0.2) is 6.54 Å². The minimum Gasteiger partial charge on any atom is -0.302 e. The molecule has 12 heavy (non-hydrogen) atoms. The summed E-state index contributed by atoms with van der Waals surface area (Å²) in [5.74, 6) is 0. The monoisotopic (exact) mass is 161 g/mol. The first-order chi connectivity index (χ1) is 5.95. The molecule has 1 aromatic carbocycles. The molecule has 62 valence electrons. The van der Waals surface area contributed by atoms with Crippen molar-refractivity contribution in [3.05, 3.63) is 23.8 Å². The zero-order chi connectivity index (χ0) is 7.97. The molecule has 2 aliphatic heterocycles. The molecular weight excluding hydrogens is 150 g/mol. The van der Waals surface area contributed by atoms with Gasteiger partial charge in [0.1, 0.15) is 0 Å². The Labute approximate surface area is 71.3 Å². The molecule has 0 unspecified atom stereocenters. The van der Waals surface area contributed by atoms with E-state index in [9.17, 15) is 0 Å². The number of aryl methyl sites for hydroxylation is 1. The van der Waals surface area contributed by atoms with Gasteiger partial charge in [-0.1, -0.05) is 12.1 Å². The van der Waals surface area contributed by atoms with Gasteiger partial charge in [0.05, 0.1) is 11.4 Å². The molecule has 0 radical (unpaired) electrons. The molecule has 0 spiro atoms. The van der Waals surface area contributed by atoms with E-state index >= 15 is 0 Å². The molecule has 3 heteroatoms. The van der Waals surface area contributed by atoms with Gasteiger partial charge in [-0.3, -0.25) is 5.01 Å². The lowest BCUT2D eigenvalue weighted by Gasteiger charge is -2.24. The van der Waals surface area contributed by atoms with Crippen molar-refractivity contribution < 1.29 is 0 Å². The van der Waals surface area contributed by atoms with Gasteiger partial charge in [-0.05, 0) is 24.5 Å². The number of hydrogen-bond donors (Lipinski definition) is 2. The lowest BCUT2D eigenvalue weighted by molar-refractivity contribution is 0.654. The van der Waals surface area contributed by atoms with Crippen molar-refractivity contribution in [2.24, 2.45) is 0 Å². The summed E-state index contributed by atoms with van der Waals surface area (Å²) in [6, 6.07) is 6.43. The van der Waals surface area contributed by atoms with Gasteiger partial charge in [0, 0.05) is 6.54 Å². The quantitative estimate of drug-likeness (QED) is 0.600. The maximum atomic E-state index is 3.16. The Bertz CT molecular complexity index is 322. The molecule has 0 atom stereocenters. The van der Waals surface area contributed by atoms with Gasteiger partial charge in [-0.15, -0.1) is 5.53 Å². The molecule has 3 rings (SSSR count). The van der Waals surface area contributed by atoms with Crippen LogP contribution >= 0.6 is 0 Å². The lowest BCUT2D eigenvalue weighted by atomic mass is 10.0. The predicted molar refractivity (Wildman–Crippen MR) is 48.9 cm³/mol. The van der Waals surface area contributed by atoms with Gasteiger partial charge in [-0.25, -0.2) is 0 Å². The molecule has 2 heterocycles. The lowest BCUT2D eigenvalue weighted by Crippen LogP contribution is -2.38. The van der Waals surface area contributed by atoms with Crippen LogP contribution in [0.25, 0.3) is 0 Å². The highest BCUT2D eigenvalue weighted by molar-refractivity contribution is 5.77. The SMILES string of the molecule is c1cc2c3c(c1)NNN3CCC2. The number of anilines is 2. The van der Waals surface area contributed by atoms with Gasteiger partial charge < -0.3 is 5.43 Å². The Kier molecular flexibility index (Phi) is 1.12. The molecule has 3 nitrogen and oxygen atoms in total. The van der Waals surface area contributed by atoms with Crippen LogP contribution in [-0.2, 0) is 6.42 Å². The Balaban J connectivity index is 2.23. The number of benzene rings is 1. The molecule has 0 aromatic heterocycles. The summed E-state index contributed by atoms with van der Waals surface area (Å²) < 4.78 is 0. The van der Waals surface area contributed by atoms with Crippen molar-refractivity contribution >= 4 is 11.4 Å². The Hall–Kier alpha value is -1.22. The van der Waals surface area contributed by atoms with Gasteiger partial charge in [0.25, 0.3) is 0 Å². The smallest absolute Gasteiger partial charge is 0.0814 e. The van der Waals surface area contributed by atoms with E-state index in [0.717, 1.165) is 6.54 Å². The zero-order valence-electron chi connectivity index (χ0n) is 6.80. The molecule has 0 saturated heterocycles.